The van der Waals surface area contributed by atoms with Crippen molar-refractivity contribution in [2.45, 2.75) is 11.7 Å². The highest BCUT2D eigenvalue weighted by Gasteiger charge is 2.04. The third kappa shape index (κ3) is 3.20. The first-order chi connectivity index (χ1) is 8.29. The predicted octanol–water partition coefficient (Wildman–Crippen LogP) is 2.83. The smallest absolute Gasteiger partial charge is 0.189 e. The molecule has 0 saturated carbocycles. The van der Waals surface area contributed by atoms with E-state index in [2.05, 4.69) is 39.1 Å². The normalized spacial score (nSPS) is 10.2. The average Bonchev–Trinajstić information content (AvgIpc) is 2.40. The molecular formula is C13H15N3S. The Hall–Kier alpha value is -1.55. The topological polar surface area (TPSA) is 29.0 Å². The Morgan fingerprint density at radius 1 is 1.18 bits per heavy atom. The lowest BCUT2D eigenvalue weighted by Crippen LogP contribution is -2.17. The Morgan fingerprint density at radius 3 is 2.65 bits per heavy atom. The van der Waals surface area contributed by atoms with Crippen LogP contribution in [0.4, 0.5) is 5.82 Å². The van der Waals surface area contributed by atoms with Crippen molar-refractivity contribution in [1.82, 2.24) is 9.97 Å². The van der Waals surface area contributed by atoms with E-state index in [0.717, 1.165) is 17.5 Å². The van der Waals surface area contributed by atoms with Gasteiger partial charge >= 0.3 is 0 Å². The molecule has 4 heteroatoms. The van der Waals surface area contributed by atoms with Crippen LogP contribution in [0.25, 0.3) is 0 Å². The van der Waals surface area contributed by atoms with Crippen LogP contribution in [0.2, 0.25) is 0 Å². The summed E-state index contributed by atoms with van der Waals surface area (Å²) in [6, 6.07) is 12.3. The summed E-state index contributed by atoms with van der Waals surface area (Å²) in [5.74, 6) is 0.952. The SMILES string of the molecule is CSc1nccc(N(C)Cc2ccccc2)n1. The van der Waals surface area contributed by atoms with Gasteiger partial charge in [0.25, 0.3) is 0 Å². The lowest BCUT2D eigenvalue weighted by molar-refractivity contribution is 0.857. The molecule has 0 saturated heterocycles. The number of rotatable bonds is 4. The van der Waals surface area contributed by atoms with Gasteiger partial charge in [-0.15, -0.1) is 0 Å². The van der Waals surface area contributed by atoms with Gasteiger partial charge in [0.1, 0.15) is 5.82 Å². The first kappa shape index (κ1) is 11.9. The molecule has 0 amide bonds. The molecule has 1 aromatic heterocycles. The molecule has 0 spiro atoms. The minimum atomic E-state index is 0.808. The van der Waals surface area contributed by atoms with Crippen molar-refractivity contribution in [2.24, 2.45) is 0 Å². The second kappa shape index (κ2) is 5.68. The fourth-order valence-electron chi connectivity index (χ4n) is 1.58. The maximum atomic E-state index is 4.47. The van der Waals surface area contributed by atoms with Crippen molar-refractivity contribution in [3.05, 3.63) is 48.2 Å². The van der Waals surface area contributed by atoms with Gasteiger partial charge in [0.2, 0.25) is 0 Å². The van der Waals surface area contributed by atoms with Crippen LogP contribution in [0.1, 0.15) is 5.56 Å². The summed E-state index contributed by atoms with van der Waals surface area (Å²) >= 11 is 1.56. The van der Waals surface area contributed by atoms with E-state index >= 15 is 0 Å². The molecule has 0 bridgehead atoms. The molecule has 0 aliphatic rings. The molecule has 0 fully saturated rings. The van der Waals surface area contributed by atoms with Gasteiger partial charge in [0, 0.05) is 19.8 Å². The number of anilines is 1. The molecular weight excluding hydrogens is 230 g/mol. The number of hydrogen-bond acceptors (Lipinski definition) is 4. The second-order valence-corrected chi connectivity index (χ2v) is 4.52. The Morgan fingerprint density at radius 2 is 1.94 bits per heavy atom. The number of hydrogen-bond donors (Lipinski definition) is 0. The maximum Gasteiger partial charge on any atom is 0.189 e. The van der Waals surface area contributed by atoms with Crippen molar-refractivity contribution >= 4 is 17.6 Å². The van der Waals surface area contributed by atoms with Gasteiger partial charge in [-0.05, 0) is 17.9 Å². The summed E-state index contributed by atoms with van der Waals surface area (Å²) in [4.78, 5) is 10.8. The van der Waals surface area contributed by atoms with E-state index in [9.17, 15) is 0 Å². The molecule has 1 aromatic carbocycles. The fourth-order valence-corrected chi connectivity index (χ4v) is 1.93. The quantitative estimate of drug-likeness (QED) is 0.612. The van der Waals surface area contributed by atoms with Crippen LogP contribution in [0.5, 0.6) is 0 Å². The molecule has 0 radical (unpaired) electrons. The number of benzene rings is 1. The summed E-state index contributed by atoms with van der Waals surface area (Å²) in [5, 5.41) is 0.808. The molecule has 1 heterocycles. The van der Waals surface area contributed by atoms with Gasteiger partial charge in [-0.25, -0.2) is 9.97 Å². The first-order valence-electron chi connectivity index (χ1n) is 5.41. The van der Waals surface area contributed by atoms with E-state index in [-0.39, 0.29) is 0 Å². The van der Waals surface area contributed by atoms with Crippen LogP contribution >= 0.6 is 11.8 Å². The number of nitrogens with zero attached hydrogens (tertiary/aromatic N) is 3. The molecule has 0 unspecified atom stereocenters. The lowest BCUT2D eigenvalue weighted by Gasteiger charge is -2.18. The zero-order chi connectivity index (χ0) is 12.1. The summed E-state index contributed by atoms with van der Waals surface area (Å²) in [6.45, 7) is 0.853. The van der Waals surface area contributed by atoms with Crippen LogP contribution < -0.4 is 4.90 Å². The molecule has 2 aromatic rings. The molecule has 0 atom stereocenters. The summed E-state index contributed by atoms with van der Waals surface area (Å²) in [7, 11) is 2.04. The first-order valence-corrected chi connectivity index (χ1v) is 6.64. The molecule has 0 aliphatic heterocycles. The maximum absolute atomic E-state index is 4.47. The van der Waals surface area contributed by atoms with Gasteiger partial charge in [0.15, 0.2) is 5.16 Å². The standard InChI is InChI=1S/C13H15N3S/c1-16(10-11-6-4-3-5-7-11)12-8-9-14-13(15-12)17-2/h3-9H,10H2,1-2H3. The fraction of sp³-hybridized carbons (Fsp3) is 0.231. The highest BCUT2D eigenvalue weighted by Crippen LogP contribution is 2.15. The van der Waals surface area contributed by atoms with Crippen molar-refractivity contribution < 1.29 is 0 Å². The minimum absolute atomic E-state index is 0.808. The van der Waals surface area contributed by atoms with Gasteiger partial charge in [-0.1, -0.05) is 42.1 Å². The van der Waals surface area contributed by atoms with Crippen LogP contribution in [0, 0.1) is 0 Å². The Balaban J connectivity index is 2.11. The van der Waals surface area contributed by atoms with Crippen LogP contribution in [0.3, 0.4) is 0 Å². The summed E-state index contributed by atoms with van der Waals surface area (Å²) in [6.07, 6.45) is 3.78. The van der Waals surface area contributed by atoms with E-state index < -0.39 is 0 Å². The molecule has 2 rings (SSSR count). The summed E-state index contributed by atoms with van der Waals surface area (Å²) in [5.41, 5.74) is 1.28. The summed E-state index contributed by atoms with van der Waals surface area (Å²) < 4.78 is 0. The monoisotopic (exact) mass is 245 g/mol. The van der Waals surface area contributed by atoms with Crippen molar-refractivity contribution in [3.63, 3.8) is 0 Å². The van der Waals surface area contributed by atoms with Crippen molar-refractivity contribution in [1.29, 1.82) is 0 Å². The van der Waals surface area contributed by atoms with Crippen molar-refractivity contribution in [3.8, 4) is 0 Å². The Labute approximate surface area is 106 Å². The van der Waals surface area contributed by atoms with E-state index in [1.54, 1.807) is 18.0 Å². The van der Waals surface area contributed by atoms with Crippen molar-refractivity contribution in [2.75, 3.05) is 18.2 Å². The molecule has 17 heavy (non-hydrogen) atoms. The van der Waals surface area contributed by atoms with E-state index in [4.69, 9.17) is 0 Å². The molecule has 3 nitrogen and oxygen atoms in total. The zero-order valence-electron chi connectivity index (χ0n) is 10.00. The predicted molar refractivity (Wildman–Crippen MR) is 72.4 cm³/mol. The molecule has 0 aliphatic carbocycles. The minimum Gasteiger partial charge on any atom is -0.355 e. The Bertz CT molecular complexity index is 473. The lowest BCUT2D eigenvalue weighted by atomic mass is 10.2. The van der Waals surface area contributed by atoms with Gasteiger partial charge < -0.3 is 4.90 Å². The highest BCUT2D eigenvalue weighted by atomic mass is 32.2. The Kier molecular flexibility index (Phi) is 3.98. The third-order valence-electron chi connectivity index (χ3n) is 2.46. The van der Waals surface area contributed by atoms with Crippen LogP contribution in [0.15, 0.2) is 47.8 Å². The number of aromatic nitrogens is 2. The van der Waals surface area contributed by atoms with Crippen LogP contribution in [-0.2, 0) is 6.54 Å². The van der Waals surface area contributed by atoms with E-state index in [1.165, 1.54) is 5.56 Å². The number of thioether (sulfide) groups is 1. The van der Waals surface area contributed by atoms with Crippen LogP contribution in [-0.4, -0.2) is 23.3 Å². The second-order valence-electron chi connectivity index (χ2n) is 3.74. The largest absolute Gasteiger partial charge is 0.355 e. The third-order valence-corrected chi connectivity index (χ3v) is 3.02. The average molecular weight is 245 g/mol. The van der Waals surface area contributed by atoms with Gasteiger partial charge in [-0.2, -0.15) is 0 Å². The molecule has 88 valence electrons. The van der Waals surface area contributed by atoms with Gasteiger partial charge in [0.05, 0.1) is 0 Å². The molecule has 0 N–H and O–H groups in total. The zero-order valence-corrected chi connectivity index (χ0v) is 10.8. The highest BCUT2D eigenvalue weighted by molar-refractivity contribution is 7.98. The van der Waals surface area contributed by atoms with E-state index in [0.29, 0.717) is 0 Å². The van der Waals surface area contributed by atoms with Gasteiger partial charge in [-0.3, -0.25) is 0 Å². The van der Waals surface area contributed by atoms with E-state index in [1.807, 2.05) is 25.4 Å².